The van der Waals surface area contributed by atoms with E-state index >= 15 is 0 Å². The number of ether oxygens (including phenoxy) is 2. The third-order valence-electron chi connectivity index (χ3n) is 4.77. The number of halogens is 1. The van der Waals surface area contributed by atoms with Gasteiger partial charge in [0.25, 0.3) is 0 Å². The van der Waals surface area contributed by atoms with E-state index in [1.807, 2.05) is 47.8 Å². The molecule has 1 amide bonds. The average molecular weight is 498 g/mol. The summed E-state index contributed by atoms with van der Waals surface area (Å²) in [6.07, 6.45) is 3.26. The van der Waals surface area contributed by atoms with E-state index in [0.717, 1.165) is 12.8 Å². The van der Waals surface area contributed by atoms with Gasteiger partial charge in [0, 0.05) is 24.4 Å². The first-order chi connectivity index (χ1) is 11.8. The quantitative estimate of drug-likeness (QED) is 0.250. The van der Waals surface area contributed by atoms with Crippen LogP contribution in [0.1, 0.15) is 54.4 Å². The summed E-state index contributed by atoms with van der Waals surface area (Å²) < 4.78 is 27.7. The van der Waals surface area contributed by atoms with E-state index in [1.165, 1.54) is 0 Å². The largest absolute Gasteiger partial charge is 0.591 e. The van der Waals surface area contributed by atoms with E-state index in [2.05, 4.69) is 27.0 Å². The van der Waals surface area contributed by atoms with Gasteiger partial charge in [0.2, 0.25) is 0 Å². The number of nitrogens with zero attached hydrogens (tertiary/aromatic N) is 2. The van der Waals surface area contributed by atoms with Gasteiger partial charge >= 0.3 is 6.09 Å². The van der Waals surface area contributed by atoms with Gasteiger partial charge in [-0.15, -0.1) is 0 Å². The van der Waals surface area contributed by atoms with E-state index in [0.29, 0.717) is 19.7 Å². The number of carbonyl (C=O) groups excluding carboxylic acids is 1. The Kier molecular flexibility index (Phi) is 6.95. The molecule has 0 unspecified atom stereocenters. The van der Waals surface area contributed by atoms with Crippen molar-refractivity contribution in [2.24, 2.45) is 15.7 Å². The predicted molar refractivity (Wildman–Crippen MR) is 113 cm³/mol. The molecule has 0 bridgehead atoms. The van der Waals surface area contributed by atoms with Crippen LogP contribution in [0.4, 0.5) is 4.79 Å². The van der Waals surface area contributed by atoms with Crippen LogP contribution in [0.25, 0.3) is 0 Å². The van der Waals surface area contributed by atoms with Crippen molar-refractivity contribution in [3.63, 3.8) is 0 Å². The summed E-state index contributed by atoms with van der Waals surface area (Å²) in [7, 11) is 0. The van der Waals surface area contributed by atoms with Crippen molar-refractivity contribution in [1.82, 2.24) is 4.90 Å². The Morgan fingerprint density at radius 1 is 1.31 bits per heavy atom. The van der Waals surface area contributed by atoms with Gasteiger partial charge in [-0.25, -0.2) is 4.79 Å². The van der Waals surface area contributed by atoms with Crippen LogP contribution in [0.3, 0.4) is 0 Å². The van der Waals surface area contributed by atoms with E-state index in [1.54, 1.807) is 4.90 Å². The molecule has 0 aromatic carbocycles. The van der Waals surface area contributed by atoms with Gasteiger partial charge < -0.3 is 18.9 Å². The lowest BCUT2D eigenvalue weighted by atomic mass is 9.71. The molecular weight excluding hydrogens is 467 g/mol. The second-order valence-corrected chi connectivity index (χ2v) is 12.3. The fourth-order valence-electron chi connectivity index (χ4n) is 3.17. The molecule has 0 aromatic rings. The highest BCUT2D eigenvalue weighted by atomic mass is 127. The molecule has 2 saturated heterocycles. The minimum Gasteiger partial charge on any atom is -0.591 e. The lowest BCUT2D eigenvalue weighted by Gasteiger charge is -2.41. The number of hydrogen-bond donors (Lipinski definition) is 0. The fraction of sp³-hybridized carbons (Fsp3) is 0.889. The summed E-state index contributed by atoms with van der Waals surface area (Å²) in [6, 6.07) is 0. The molecule has 2 aliphatic rings. The number of hydrogen-bond acceptors (Lipinski definition) is 5. The van der Waals surface area contributed by atoms with Gasteiger partial charge in [-0.3, -0.25) is 0 Å². The van der Waals surface area contributed by atoms with Crippen LogP contribution in [0, 0.1) is 11.3 Å². The molecule has 0 N–H and O–H groups in total. The zero-order valence-electron chi connectivity index (χ0n) is 16.6. The third kappa shape index (κ3) is 5.48. The van der Waals surface area contributed by atoms with Crippen molar-refractivity contribution in [3.05, 3.63) is 0 Å². The minimum atomic E-state index is -1.27. The van der Waals surface area contributed by atoms with Gasteiger partial charge in [0.05, 0.1) is 12.8 Å². The third-order valence-corrected chi connectivity index (χ3v) is 7.27. The summed E-state index contributed by atoms with van der Waals surface area (Å²) in [5.41, 5.74) is -0.530. The number of amides is 1. The highest BCUT2D eigenvalue weighted by Gasteiger charge is 2.50. The molecule has 2 rings (SSSR count). The van der Waals surface area contributed by atoms with Crippen molar-refractivity contribution >= 4 is 46.3 Å². The van der Waals surface area contributed by atoms with Crippen LogP contribution in [0.15, 0.2) is 4.40 Å². The minimum absolute atomic E-state index is 0.0152. The zero-order chi connectivity index (χ0) is 19.8. The molecule has 0 aromatic heterocycles. The Morgan fingerprint density at radius 2 is 1.88 bits per heavy atom. The van der Waals surface area contributed by atoms with Crippen LogP contribution in [-0.2, 0) is 20.8 Å². The first-order valence-electron chi connectivity index (χ1n) is 9.04. The molecule has 2 fully saturated rings. The number of carbonyl (C=O) groups is 1. The van der Waals surface area contributed by atoms with E-state index in [-0.39, 0.29) is 26.3 Å². The molecule has 0 saturated carbocycles. The molecule has 2 aliphatic heterocycles. The zero-order valence-corrected chi connectivity index (χ0v) is 19.6. The Bertz CT molecular complexity index is 536. The maximum absolute atomic E-state index is 12.3. The van der Waals surface area contributed by atoms with Crippen molar-refractivity contribution in [3.8, 4) is 0 Å². The molecule has 0 aliphatic carbocycles. The highest BCUT2D eigenvalue weighted by Crippen LogP contribution is 2.48. The lowest BCUT2D eigenvalue weighted by molar-refractivity contribution is 0.00664. The summed E-state index contributed by atoms with van der Waals surface area (Å²) in [5.74, 6) is 0.107. The second kappa shape index (κ2) is 8.13. The Morgan fingerprint density at radius 3 is 2.38 bits per heavy atom. The number of alkyl halides is 1. The Labute approximate surface area is 173 Å². The van der Waals surface area contributed by atoms with Gasteiger partial charge in [0.15, 0.2) is 0 Å². The standard InChI is InChI=1S/C18H31IN2O4S/c1-16(2,3)25-15(22)21-9-7-18(8-10-21)12-24-14(19)13(18)11-20-26(23)17(4,5)6/h11,13-14H,7-10,12H2,1-6H3/b20-11+/t13-,14-,26-/m1/s1. The van der Waals surface area contributed by atoms with Crippen LogP contribution < -0.4 is 0 Å². The predicted octanol–water partition coefficient (Wildman–Crippen LogP) is 3.94. The Balaban J connectivity index is 2.03. The Hall–Kier alpha value is -0.0600. The molecule has 8 heteroatoms. The summed E-state index contributed by atoms with van der Waals surface area (Å²) in [4.78, 5) is 14.1. The highest BCUT2D eigenvalue weighted by molar-refractivity contribution is 14.1. The number of rotatable bonds is 2. The molecular formula is C18H31IN2O4S. The first kappa shape index (κ1) is 22.2. The monoisotopic (exact) mass is 498 g/mol. The fourth-order valence-corrected chi connectivity index (χ4v) is 4.85. The number of likely N-dealkylation sites (tertiary alicyclic amines) is 1. The topological polar surface area (TPSA) is 74.2 Å². The molecule has 2 heterocycles. The van der Waals surface area contributed by atoms with Gasteiger partial charge in [0.1, 0.15) is 25.8 Å². The smallest absolute Gasteiger partial charge is 0.410 e. The average Bonchev–Trinajstić information content (AvgIpc) is 2.79. The molecule has 1 spiro atoms. The molecule has 3 atom stereocenters. The van der Waals surface area contributed by atoms with Crippen molar-refractivity contribution in [2.45, 2.75) is 68.8 Å². The summed E-state index contributed by atoms with van der Waals surface area (Å²) >= 11 is 1.02. The van der Waals surface area contributed by atoms with E-state index < -0.39 is 17.0 Å². The lowest BCUT2D eigenvalue weighted by Crippen LogP contribution is -2.48. The van der Waals surface area contributed by atoms with Crippen molar-refractivity contribution < 1.29 is 18.8 Å². The second-order valence-electron chi connectivity index (χ2n) is 9.13. The number of piperidine rings is 1. The normalized spacial score (nSPS) is 27.9. The van der Waals surface area contributed by atoms with Crippen molar-refractivity contribution in [2.75, 3.05) is 19.7 Å². The summed E-state index contributed by atoms with van der Waals surface area (Å²) in [6.45, 7) is 13.3. The van der Waals surface area contributed by atoms with Gasteiger partial charge in [-0.05, 0) is 54.4 Å². The van der Waals surface area contributed by atoms with Crippen molar-refractivity contribution in [1.29, 1.82) is 0 Å². The molecule has 6 nitrogen and oxygen atoms in total. The van der Waals surface area contributed by atoms with Crippen LogP contribution in [0.2, 0.25) is 0 Å². The molecule has 150 valence electrons. The maximum atomic E-state index is 12.3. The van der Waals surface area contributed by atoms with Gasteiger partial charge in [-0.1, -0.05) is 27.0 Å². The van der Waals surface area contributed by atoms with Crippen LogP contribution >= 0.6 is 22.6 Å². The van der Waals surface area contributed by atoms with Crippen LogP contribution in [-0.4, -0.2) is 55.9 Å². The van der Waals surface area contributed by atoms with Crippen LogP contribution in [0.5, 0.6) is 0 Å². The summed E-state index contributed by atoms with van der Waals surface area (Å²) in [5, 5.41) is 0. The van der Waals surface area contributed by atoms with Gasteiger partial charge in [-0.2, -0.15) is 0 Å². The maximum Gasteiger partial charge on any atom is 0.410 e. The van der Waals surface area contributed by atoms with E-state index in [9.17, 15) is 9.35 Å². The molecule has 26 heavy (non-hydrogen) atoms. The first-order valence-corrected chi connectivity index (χ1v) is 11.4. The van der Waals surface area contributed by atoms with E-state index in [4.69, 9.17) is 9.47 Å². The molecule has 0 radical (unpaired) electrons. The SMILES string of the molecule is CC(C)(C)OC(=O)N1CCC2(CC1)CO[C@@H](I)[C@H]2/C=N/[S@+]([O-])C(C)(C)C.